The average Bonchev–Trinajstić information content (AvgIpc) is 2.80. The van der Waals surface area contributed by atoms with E-state index in [0.29, 0.717) is 0 Å². The number of aromatic amines is 2. The Hall–Kier alpha value is -2.51. The van der Waals surface area contributed by atoms with E-state index in [1.165, 1.54) is 12.1 Å². The lowest BCUT2D eigenvalue weighted by atomic mass is 10.4. The first-order valence-electron chi connectivity index (χ1n) is 4.27. The summed E-state index contributed by atoms with van der Waals surface area (Å²) in [5.41, 5.74) is -1.23. The molecule has 84 valence electrons. The fourth-order valence-corrected chi connectivity index (χ4v) is 1.21. The molecule has 0 aliphatic carbocycles. The molecule has 0 unspecified atom stereocenters. The van der Waals surface area contributed by atoms with E-state index in [2.05, 4.69) is 10.2 Å². The smallest absolute Gasteiger partial charge is 0.371 e. The first kappa shape index (κ1) is 10.0. The summed E-state index contributed by atoms with van der Waals surface area (Å²) < 4.78 is 5.75. The van der Waals surface area contributed by atoms with Crippen LogP contribution in [0.25, 0.3) is 0 Å². The monoisotopic (exact) mass is 225 g/mol. The fraction of sp³-hybridized carbons (Fsp3) is 0.125. The molecule has 2 heterocycles. The van der Waals surface area contributed by atoms with Crippen molar-refractivity contribution in [1.29, 1.82) is 0 Å². The summed E-state index contributed by atoms with van der Waals surface area (Å²) in [5.74, 6) is -1.24. The molecule has 8 nitrogen and oxygen atoms in total. The molecule has 16 heavy (non-hydrogen) atoms. The maximum absolute atomic E-state index is 11.1. The second-order valence-corrected chi connectivity index (χ2v) is 3.02. The number of carbonyl (C=O) groups is 1. The molecular weight excluding hydrogens is 218 g/mol. The zero-order valence-electron chi connectivity index (χ0n) is 7.89. The number of hydrogen-bond donors (Lipinski definition) is 3. The van der Waals surface area contributed by atoms with E-state index in [9.17, 15) is 14.4 Å². The molecule has 0 saturated carbocycles. The van der Waals surface area contributed by atoms with Crippen molar-refractivity contribution in [2.45, 2.75) is 6.54 Å². The SMILES string of the molecule is O=C(O)c1ccc(Cn2c(=O)[nH][nH]c2=O)o1. The molecule has 0 aromatic carbocycles. The number of aromatic carboxylic acids is 1. The molecule has 0 spiro atoms. The highest BCUT2D eigenvalue weighted by atomic mass is 16.4. The first-order valence-corrected chi connectivity index (χ1v) is 4.27. The second-order valence-electron chi connectivity index (χ2n) is 3.02. The molecule has 2 aromatic rings. The molecule has 0 aliphatic rings. The van der Waals surface area contributed by atoms with E-state index in [1.54, 1.807) is 0 Å². The van der Waals surface area contributed by atoms with Crippen molar-refractivity contribution >= 4 is 5.97 Å². The van der Waals surface area contributed by atoms with Crippen LogP contribution in [0.1, 0.15) is 16.3 Å². The molecule has 0 saturated heterocycles. The van der Waals surface area contributed by atoms with Crippen molar-refractivity contribution in [3.05, 3.63) is 44.6 Å². The predicted octanol–water partition coefficient (Wildman–Crippen LogP) is -0.796. The molecule has 0 atom stereocenters. The Morgan fingerprint density at radius 3 is 2.44 bits per heavy atom. The molecule has 3 N–H and O–H groups in total. The van der Waals surface area contributed by atoms with Gasteiger partial charge in [-0.25, -0.2) is 29.1 Å². The summed E-state index contributed by atoms with van der Waals surface area (Å²) in [7, 11) is 0. The summed E-state index contributed by atoms with van der Waals surface area (Å²) in [5, 5.41) is 12.8. The van der Waals surface area contributed by atoms with Gasteiger partial charge in [0.2, 0.25) is 5.76 Å². The maximum atomic E-state index is 11.1. The molecule has 0 radical (unpaired) electrons. The summed E-state index contributed by atoms with van der Waals surface area (Å²) in [4.78, 5) is 32.7. The predicted molar refractivity (Wildman–Crippen MR) is 50.4 cm³/mol. The van der Waals surface area contributed by atoms with Gasteiger partial charge in [0.1, 0.15) is 5.76 Å². The Morgan fingerprint density at radius 2 is 1.94 bits per heavy atom. The van der Waals surface area contributed by atoms with Crippen LogP contribution >= 0.6 is 0 Å². The van der Waals surface area contributed by atoms with E-state index in [4.69, 9.17) is 9.52 Å². The minimum atomic E-state index is -1.21. The third kappa shape index (κ3) is 1.67. The van der Waals surface area contributed by atoms with Crippen molar-refractivity contribution in [2.24, 2.45) is 0 Å². The van der Waals surface area contributed by atoms with E-state index < -0.39 is 17.3 Å². The number of H-pyrrole nitrogens is 2. The third-order valence-electron chi connectivity index (χ3n) is 1.95. The van der Waals surface area contributed by atoms with Crippen LogP contribution in [-0.4, -0.2) is 25.8 Å². The van der Waals surface area contributed by atoms with Gasteiger partial charge in [-0.05, 0) is 12.1 Å². The van der Waals surface area contributed by atoms with Crippen molar-refractivity contribution in [3.63, 3.8) is 0 Å². The van der Waals surface area contributed by atoms with Gasteiger partial charge in [-0.15, -0.1) is 0 Å². The average molecular weight is 225 g/mol. The van der Waals surface area contributed by atoms with Gasteiger partial charge in [0.05, 0.1) is 6.54 Å². The summed E-state index contributed by atoms with van der Waals surface area (Å²) in [6, 6.07) is 2.64. The standard InChI is InChI=1S/C8H7N3O5/c12-6(13)5-2-1-4(16-5)3-11-7(14)9-10-8(11)15/h1-2H,3H2,(H,9,14)(H,10,15)(H,12,13). The van der Waals surface area contributed by atoms with Crippen LogP contribution in [0.2, 0.25) is 0 Å². The quantitative estimate of drug-likeness (QED) is 0.631. The lowest BCUT2D eigenvalue weighted by molar-refractivity contribution is 0.0660. The fourth-order valence-electron chi connectivity index (χ4n) is 1.21. The van der Waals surface area contributed by atoms with E-state index in [1.807, 2.05) is 0 Å². The van der Waals surface area contributed by atoms with Crippen LogP contribution < -0.4 is 11.4 Å². The Labute approximate surface area is 87.1 Å². The molecule has 0 fully saturated rings. The Morgan fingerprint density at radius 1 is 1.31 bits per heavy atom. The van der Waals surface area contributed by atoms with Crippen molar-refractivity contribution in [3.8, 4) is 0 Å². The number of rotatable bonds is 3. The molecule has 2 rings (SSSR count). The molecule has 2 aromatic heterocycles. The van der Waals surface area contributed by atoms with Crippen LogP contribution in [0.5, 0.6) is 0 Å². The number of furan rings is 1. The van der Waals surface area contributed by atoms with Crippen LogP contribution in [0.15, 0.2) is 26.1 Å². The molecular formula is C8H7N3O5. The number of aromatic nitrogens is 3. The molecule has 0 amide bonds. The van der Waals surface area contributed by atoms with Gasteiger partial charge in [0, 0.05) is 0 Å². The van der Waals surface area contributed by atoms with Gasteiger partial charge in [-0.3, -0.25) is 0 Å². The molecule has 8 heteroatoms. The number of nitrogens with zero attached hydrogens (tertiary/aromatic N) is 1. The van der Waals surface area contributed by atoms with E-state index in [-0.39, 0.29) is 18.1 Å². The van der Waals surface area contributed by atoms with E-state index in [0.717, 1.165) is 4.57 Å². The molecule has 0 bridgehead atoms. The Balaban J connectivity index is 2.31. The van der Waals surface area contributed by atoms with Gasteiger partial charge in [-0.2, -0.15) is 0 Å². The van der Waals surface area contributed by atoms with Gasteiger partial charge in [0.15, 0.2) is 0 Å². The maximum Gasteiger partial charge on any atom is 0.371 e. The van der Waals surface area contributed by atoms with Gasteiger partial charge in [-0.1, -0.05) is 0 Å². The van der Waals surface area contributed by atoms with Crippen LogP contribution in [-0.2, 0) is 6.54 Å². The first-order chi connectivity index (χ1) is 7.58. The highest BCUT2D eigenvalue weighted by molar-refractivity contribution is 5.84. The minimum absolute atomic E-state index is 0.120. The van der Waals surface area contributed by atoms with Gasteiger partial charge < -0.3 is 9.52 Å². The van der Waals surface area contributed by atoms with Crippen molar-refractivity contribution < 1.29 is 14.3 Å². The largest absolute Gasteiger partial charge is 0.475 e. The topological polar surface area (TPSA) is 121 Å². The number of carboxylic acid groups (broad SMARTS) is 1. The Bertz CT molecular complexity index is 601. The lowest BCUT2D eigenvalue weighted by Gasteiger charge is -1.94. The van der Waals surface area contributed by atoms with E-state index >= 15 is 0 Å². The Kier molecular flexibility index (Phi) is 2.24. The number of hydrogen-bond acceptors (Lipinski definition) is 4. The highest BCUT2D eigenvalue weighted by Crippen LogP contribution is 2.07. The zero-order valence-corrected chi connectivity index (χ0v) is 7.89. The molecule has 0 aliphatic heterocycles. The summed E-state index contributed by atoms with van der Waals surface area (Å²) in [6.07, 6.45) is 0. The van der Waals surface area contributed by atoms with Crippen molar-refractivity contribution in [2.75, 3.05) is 0 Å². The van der Waals surface area contributed by atoms with Gasteiger partial charge >= 0.3 is 17.3 Å². The van der Waals surface area contributed by atoms with Crippen LogP contribution in [0.4, 0.5) is 0 Å². The normalized spacial score (nSPS) is 10.5. The number of nitrogens with one attached hydrogen (secondary N) is 2. The second kappa shape index (κ2) is 3.57. The summed E-state index contributed by atoms with van der Waals surface area (Å²) in [6.45, 7) is -0.120. The zero-order chi connectivity index (χ0) is 11.7. The summed E-state index contributed by atoms with van der Waals surface area (Å²) >= 11 is 0. The highest BCUT2D eigenvalue weighted by Gasteiger charge is 2.11. The van der Waals surface area contributed by atoms with Crippen LogP contribution in [0, 0.1) is 0 Å². The van der Waals surface area contributed by atoms with Crippen molar-refractivity contribution in [1.82, 2.24) is 14.8 Å². The lowest BCUT2D eigenvalue weighted by Crippen LogP contribution is -2.26. The van der Waals surface area contributed by atoms with Gasteiger partial charge in [0.25, 0.3) is 0 Å². The number of carboxylic acids is 1. The minimum Gasteiger partial charge on any atom is -0.475 e. The van der Waals surface area contributed by atoms with Crippen LogP contribution in [0.3, 0.4) is 0 Å². The third-order valence-corrected chi connectivity index (χ3v) is 1.95.